The lowest BCUT2D eigenvalue weighted by Crippen LogP contribution is -2.52. The van der Waals surface area contributed by atoms with E-state index in [1.54, 1.807) is 0 Å². The molecule has 0 amide bonds. The van der Waals surface area contributed by atoms with Crippen LogP contribution in [0.1, 0.15) is 27.2 Å². The van der Waals surface area contributed by atoms with Crippen LogP contribution in [0.5, 0.6) is 0 Å². The second-order valence-electron chi connectivity index (χ2n) is 5.32. The van der Waals surface area contributed by atoms with Crippen LogP contribution in [0.25, 0.3) is 0 Å². The van der Waals surface area contributed by atoms with Crippen LogP contribution in [0.3, 0.4) is 0 Å². The Labute approximate surface area is 121 Å². The van der Waals surface area contributed by atoms with Gasteiger partial charge in [0, 0.05) is 38.3 Å². The van der Waals surface area contributed by atoms with Crippen molar-refractivity contribution < 1.29 is 0 Å². The van der Waals surface area contributed by atoms with Gasteiger partial charge in [0.15, 0.2) is 0 Å². The first kappa shape index (κ1) is 14.8. The van der Waals surface area contributed by atoms with Gasteiger partial charge in [-0.25, -0.2) is 0 Å². The number of piperazine rings is 1. The maximum Gasteiger partial charge on any atom is 0.223 e. The van der Waals surface area contributed by atoms with Crippen molar-refractivity contribution in [3.8, 4) is 0 Å². The van der Waals surface area contributed by atoms with Crippen molar-refractivity contribution in [3.63, 3.8) is 0 Å². The molecule has 1 aromatic heterocycles. The Bertz CT molecular complexity index is 436. The molecule has 1 aliphatic heterocycles. The molecular formula is C14H26N6. The molecule has 1 aromatic rings. The standard InChI is InChI=1S/C14H26N6/c1-4-6-16-12-9-13(18-14(15)17-12)20-8-7-19(5-2)11(3)10-20/h9,11H,4-8,10H2,1-3H3,(H3,15,16,17,18). The molecular weight excluding hydrogens is 252 g/mol. The van der Waals surface area contributed by atoms with Crippen LogP contribution in [-0.2, 0) is 0 Å². The first-order chi connectivity index (χ1) is 9.63. The Kier molecular flexibility index (Phi) is 5.00. The Hall–Kier alpha value is -1.56. The van der Waals surface area contributed by atoms with Gasteiger partial charge >= 0.3 is 0 Å². The number of hydrogen-bond acceptors (Lipinski definition) is 6. The van der Waals surface area contributed by atoms with Crippen molar-refractivity contribution >= 4 is 17.6 Å². The highest BCUT2D eigenvalue weighted by atomic mass is 15.3. The molecule has 1 unspecified atom stereocenters. The number of anilines is 3. The Balaban J connectivity index is 2.10. The van der Waals surface area contributed by atoms with Gasteiger partial charge in [-0.1, -0.05) is 13.8 Å². The summed E-state index contributed by atoms with van der Waals surface area (Å²) in [5.41, 5.74) is 5.83. The lowest BCUT2D eigenvalue weighted by atomic mass is 10.2. The lowest BCUT2D eigenvalue weighted by molar-refractivity contribution is 0.199. The van der Waals surface area contributed by atoms with E-state index in [-0.39, 0.29) is 0 Å². The summed E-state index contributed by atoms with van der Waals surface area (Å²) in [6.45, 7) is 11.6. The molecule has 20 heavy (non-hydrogen) atoms. The van der Waals surface area contributed by atoms with Gasteiger partial charge in [-0.2, -0.15) is 9.97 Å². The first-order valence-corrected chi connectivity index (χ1v) is 7.51. The van der Waals surface area contributed by atoms with Crippen molar-refractivity contribution in [2.24, 2.45) is 0 Å². The Morgan fingerprint density at radius 3 is 2.80 bits per heavy atom. The van der Waals surface area contributed by atoms with Gasteiger partial charge in [0.05, 0.1) is 0 Å². The van der Waals surface area contributed by atoms with Crippen LogP contribution in [0.15, 0.2) is 6.07 Å². The minimum atomic E-state index is 0.340. The zero-order chi connectivity index (χ0) is 14.5. The Morgan fingerprint density at radius 2 is 2.15 bits per heavy atom. The molecule has 112 valence electrons. The largest absolute Gasteiger partial charge is 0.370 e. The molecule has 0 spiro atoms. The third kappa shape index (κ3) is 3.50. The van der Waals surface area contributed by atoms with E-state index in [0.29, 0.717) is 12.0 Å². The van der Waals surface area contributed by atoms with Gasteiger partial charge in [-0.3, -0.25) is 4.90 Å². The normalized spacial score (nSPS) is 20.1. The minimum Gasteiger partial charge on any atom is -0.370 e. The predicted octanol–water partition coefficient (Wildman–Crippen LogP) is 1.41. The fourth-order valence-electron chi connectivity index (χ4n) is 2.63. The quantitative estimate of drug-likeness (QED) is 0.848. The summed E-state index contributed by atoms with van der Waals surface area (Å²) < 4.78 is 0. The summed E-state index contributed by atoms with van der Waals surface area (Å²) in [6.07, 6.45) is 1.06. The molecule has 6 heteroatoms. The summed E-state index contributed by atoms with van der Waals surface area (Å²) in [7, 11) is 0. The molecule has 0 bridgehead atoms. The summed E-state index contributed by atoms with van der Waals surface area (Å²) in [5.74, 6) is 2.09. The average molecular weight is 278 g/mol. The van der Waals surface area contributed by atoms with Crippen LogP contribution in [-0.4, -0.2) is 53.6 Å². The maximum atomic E-state index is 5.83. The molecule has 1 aliphatic rings. The molecule has 6 nitrogen and oxygen atoms in total. The highest BCUT2D eigenvalue weighted by Crippen LogP contribution is 2.20. The van der Waals surface area contributed by atoms with Crippen molar-refractivity contribution in [1.29, 1.82) is 0 Å². The van der Waals surface area contributed by atoms with E-state index in [1.165, 1.54) is 0 Å². The Morgan fingerprint density at radius 1 is 1.35 bits per heavy atom. The molecule has 0 aliphatic carbocycles. The smallest absolute Gasteiger partial charge is 0.223 e. The monoisotopic (exact) mass is 278 g/mol. The highest BCUT2D eigenvalue weighted by Gasteiger charge is 2.23. The van der Waals surface area contributed by atoms with E-state index >= 15 is 0 Å². The van der Waals surface area contributed by atoms with Crippen molar-refractivity contribution in [2.45, 2.75) is 33.2 Å². The number of rotatable bonds is 5. The summed E-state index contributed by atoms with van der Waals surface area (Å²) in [6, 6.07) is 2.54. The van der Waals surface area contributed by atoms with Gasteiger partial charge in [0.1, 0.15) is 11.6 Å². The topological polar surface area (TPSA) is 70.3 Å². The molecule has 1 saturated heterocycles. The lowest BCUT2D eigenvalue weighted by Gasteiger charge is -2.39. The second kappa shape index (κ2) is 6.74. The number of hydrogen-bond donors (Lipinski definition) is 2. The predicted molar refractivity (Wildman–Crippen MR) is 84.1 cm³/mol. The molecule has 0 aromatic carbocycles. The summed E-state index contributed by atoms with van der Waals surface area (Å²) >= 11 is 0. The fourth-order valence-corrected chi connectivity index (χ4v) is 2.63. The zero-order valence-electron chi connectivity index (χ0n) is 12.8. The van der Waals surface area contributed by atoms with Crippen LogP contribution in [0.4, 0.5) is 17.6 Å². The summed E-state index contributed by atoms with van der Waals surface area (Å²) in [4.78, 5) is 13.4. The molecule has 2 heterocycles. The van der Waals surface area contributed by atoms with Crippen LogP contribution >= 0.6 is 0 Å². The first-order valence-electron chi connectivity index (χ1n) is 7.51. The number of nitrogens with one attached hydrogen (secondary N) is 1. The van der Waals surface area contributed by atoms with Crippen molar-refractivity contribution in [1.82, 2.24) is 14.9 Å². The third-order valence-electron chi connectivity index (χ3n) is 3.78. The molecule has 1 fully saturated rings. The van der Waals surface area contributed by atoms with Crippen LogP contribution in [0.2, 0.25) is 0 Å². The fraction of sp³-hybridized carbons (Fsp3) is 0.714. The summed E-state index contributed by atoms with van der Waals surface area (Å²) in [5, 5.41) is 3.28. The average Bonchev–Trinajstić information content (AvgIpc) is 2.44. The van der Waals surface area contributed by atoms with Gasteiger partial charge < -0.3 is 16.0 Å². The van der Waals surface area contributed by atoms with E-state index in [4.69, 9.17) is 5.73 Å². The maximum absolute atomic E-state index is 5.83. The van der Waals surface area contributed by atoms with E-state index in [2.05, 4.69) is 45.9 Å². The van der Waals surface area contributed by atoms with Crippen LogP contribution < -0.4 is 16.0 Å². The van der Waals surface area contributed by atoms with E-state index in [9.17, 15) is 0 Å². The van der Waals surface area contributed by atoms with E-state index in [0.717, 1.165) is 50.8 Å². The second-order valence-corrected chi connectivity index (χ2v) is 5.32. The van der Waals surface area contributed by atoms with E-state index in [1.807, 2.05) is 6.07 Å². The minimum absolute atomic E-state index is 0.340. The third-order valence-corrected chi connectivity index (χ3v) is 3.78. The number of likely N-dealkylation sites (N-methyl/N-ethyl adjacent to an activating group) is 1. The van der Waals surface area contributed by atoms with Gasteiger partial charge in [-0.15, -0.1) is 0 Å². The van der Waals surface area contributed by atoms with E-state index < -0.39 is 0 Å². The molecule has 3 N–H and O–H groups in total. The van der Waals surface area contributed by atoms with Gasteiger partial charge in [0.2, 0.25) is 5.95 Å². The molecule has 1 atom stereocenters. The molecule has 0 saturated carbocycles. The van der Waals surface area contributed by atoms with Crippen molar-refractivity contribution in [3.05, 3.63) is 6.07 Å². The van der Waals surface area contributed by atoms with Crippen LogP contribution in [0, 0.1) is 0 Å². The number of aromatic nitrogens is 2. The molecule has 2 rings (SSSR count). The van der Waals surface area contributed by atoms with Gasteiger partial charge in [0.25, 0.3) is 0 Å². The zero-order valence-corrected chi connectivity index (χ0v) is 12.8. The number of nitrogens with zero attached hydrogens (tertiary/aromatic N) is 4. The van der Waals surface area contributed by atoms with Crippen molar-refractivity contribution in [2.75, 3.05) is 48.7 Å². The highest BCUT2D eigenvalue weighted by molar-refractivity contribution is 5.53. The molecule has 0 radical (unpaired) electrons. The van der Waals surface area contributed by atoms with Gasteiger partial charge in [-0.05, 0) is 19.9 Å². The number of nitrogen functional groups attached to an aromatic ring is 1. The SMILES string of the molecule is CCCNc1cc(N2CCN(CC)C(C)C2)nc(N)n1. The number of nitrogens with two attached hydrogens (primary N) is 1.